The van der Waals surface area contributed by atoms with Crippen molar-refractivity contribution in [1.82, 2.24) is 15.1 Å². The highest BCUT2D eigenvalue weighted by Crippen LogP contribution is 2.29. The van der Waals surface area contributed by atoms with Gasteiger partial charge in [-0.25, -0.2) is 0 Å². The summed E-state index contributed by atoms with van der Waals surface area (Å²) in [7, 11) is 0. The van der Waals surface area contributed by atoms with Crippen LogP contribution < -0.4 is 5.32 Å². The molecule has 0 radical (unpaired) electrons. The van der Waals surface area contributed by atoms with Gasteiger partial charge in [0.25, 0.3) is 5.91 Å². The number of nitrogens with one attached hydrogen (secondary N) is 1. The van der Waals surface area contributed by atoms with Gasteiger partial charge in [0.15, 0.2) is 0 Å². The highest BCUT2D eigenvalue weighted by Gasteiger charge is 2.31. The van der Waals surface area contributed by atoms with Gasteiger partial charge in [-0.05, 0) is 38.2 Å². The summed E-state index contributed by atoms with van der Waals surface area (Å²) in [5, 5.41) is 16.3. The molecule has 6 nitrogen and oxygen atoms in total. The van der Waals surface area contributed by atoms with Gasteiger partial charge in [0.1, 0.15) is 5.69 Å². The lowest BCUT2D eigenvalue weighted by molar-refractivity contribution is -0.141. The Kier molecular flexibility index (Phi) is 3.94. The highest BCUT2D eigenvalue weighted by molar-refractivity contribution is 5.92. The van der Waals surface area contributed by atoms with Gasteiger partial charge in [0, 0.05) is 12.2 Å². The quantitative estimate of drug-likeness (QED) is 0.888. The van der Waals surface area contributed by atoms with E-state index in [1.54, 1.807) is 6.07 Å². The fourth-order valence-electron chi connectivity index (χ4n) is 3.43. The van der Waals surface area contributed by atoms with E-state index in [0.717, 1.165) is 19.3 Å². The van der Waals surface area contributed by atoms with Crippen LogP contribution in [0.25, 0.3) is 0 Å². The standard InChI is InChI=1S/C15H21N3O3/c19-14(16-11-6-5-10(9-11)15(20)21)13-7-8-18(17-13)12-3-1-2-4-12/h7-8,10-12H,1-6,9H2,(H,16,19)(H,20,21). The summed E-state index contributed by atoms with van der Waals surface area (Å²) in [6.07, 6.45) is 8.47. The first-order valence-corrected chi connectivity index (χ1v) is 7.72. The van der Waals surface area contributed by atoms with Gasteiger partial charge >= 0.3 is 5.97 Å². The lowest BCUT2D eigenvalue weighted by Crippen LogP contribution is -2.33. The number of hydrogen-bond donors (Lipinski definition) is 2. The number of carbonyl (C=O) groups excluding carboxylic acids is 1. The molecule has 1 aromatic heterocycles. The molecule has 1 heterocycles. The SMILES string of the molecule is O=C(NC1CCC(C(=O)O)C1)c1ccn(C2CCCC2)n1. The van der Waals surface area contributed by atoms with Crippen LogP contribution in [0.5, 0.6) is 0 Å². The Hall–Kier alpha value is -1.85. The molecular formula is C15H21N3O3. The predicted octanol–water partition coefficient (Wildman–Crippen LogP) is 1.98. The van der Waals surface area contributed by atoms with Gasteiger partial charge in [-0.3, -0.25) is 14.3 Å². The van der Waals surface area contributed by atoms with Crippen LogP contribution in [0, 0.1) is 5.92 Å². The van der Waals surface area contributed by atoms with E-state index >= 15 is 0 Å². The third-order valence-electron chi connectivity index (χ3n) is 4.66. The molecule has 2 N–H and O–H groups in total. The van der Waals surface area contributed by atoms with Crippen LogP contribution in [0.2, 0.25) is 0 Å². The van der Waals surface area contributed by atoms with Crippen molar-refractivity contribution >= 4 is 11.9 Å². The summed E-state index contributed by atoms with van der Waals surface area (Å²) < 4.78 is 1.90. The minimum absolute atomic E-state index is 0.0461. The number of aliphatic carboxylic acids is 1. The Morgan fingerprint density at radius 3 is 2.67 bits per heavy atom. The molecule has 2 atom stereocenters. The average molecular weight is 291 g/mol. The van der Waals surface area contributed by atoms with E-state index in [4.69, 9.17) is 5.11 Å². The van der Waals surface area contributed by atoms with Crippen LogP contribution in [0.3, 0.4) is 0 Å². The zero-order chi connectivity index (χ0) is 14.8. The third kappa shape index (κ3) is 3.09. The van der Waals surface area contributed by atoms with Crippen LogP contribution in [0.15, 0.2) is 12.3 Å². The Balaban J connectivity index is 1.57. The molecule has 1 aromatic rings. The number of hydrogen-bond acceptors (Lipinski definition) is 3. The molecule has 6 heteroatoms. The van der Waals surface area contributed by atoms with Crippen molar-refractivity contribution in [3.05, 3.63) is 18.0 Å². The summed E-state index contributed by atoms with van der Waals surface area (Å²) in [5.41, 5.74) is 0.431. The maximum Gasteiger partial charge on any atom is 0.306 e. The van der Waals surface area contributed by atoms with Gasteiger partial charge in [-0.15, -0.1) is 0 Å². The number of amides is 1. The molecule has 0 aromatic carbocycles. The molecule has 2 aliphatic rings. The van der Waals surface area contributed by atoms with Crippen molar-refractivity contribution in [3.8, 4) is 0 Å². The van der Waals surface area contributed by atoms with Gasteiger partial charge < -0.3 is 10.4 Å². The van der Waals surface area contributed by atoms with E-state index in [9.17, 15) is 9.59 Å². The molecule has 114 valence electrons. The lowest BCUT2D eigenvalue weighted by Gasteiger charge is -2.11. The van der Waals surface area contributed by atoms with E-state index in [2.05, 4.69) is 10.4 Å². The van der Waals surface area contributed by atoms with Crippen molar-refractivity contribution in [2.24, 2.45) is 5.92 Å². The first-order valence-electron chi connectivity index (χ1n) is 7.72. The van der Waals surface area contributed by atoms with Crippen molar-refractivity contribution in [1.29, 1.82) is 0 Å². The molecular weight excluding hydrogens is 270 g/mol. The van der Waals surface area contributed by atoms with Gasteiger partial charge in [-0.2, -0.15) is 5.10 Å². The van der Waals surface area contributed by atoms with E-state index in [1.165, 1.54) is 12.8 Å². The van der Waals surface area contributed by atoms with Crippen molar-refractivity contribution < 1.29 is 14.7 Å². The summed E-state index contributed by atoms with van der Waals surface area (Å²) >= 11 is 0. The summed E-state index contributed by atoms with van der Waals surface area (Å²) in [6.45, 7) is 0. The zero-order valence-electron chi connectivity index (χ0n) is 12.0. The second-order valence-corrected chi connectivity index (χ2v) is 6.14. The first kappa shape index (κ1) is 14.1. The second kappa shape index (κ2) is 5.87. The molecule has 0 bridgehead atoms. The zero-order valence-corrected chi connectivity index (χ0v) is 12.0. The second-order valence-electron chi connectivity index (χ2n) is 6.14. The largest absolute Gasteiger partial charge is 0.481 e. The lowest BCUT2D eigenvalue weighted by atomic mass is 10.1. The van der Waals surface area contributed by atoms with Gasteiger partial charge in [0.2, 0.25) is 0 Å². The van der Waals surface area contributed by atoms with Crippen LogP contribution in [-0.2, 0) is 4.79 Å². The average Bonchev–Trinajstić information content (AvgIpc) is 3.19. The Labute approximate surface area is 123 Å². The predicted molar refractivity (Wildman–Crippen MR) is 76.0 cm³/mol. The van der Waals surface area contributed by atoms with Crippen LogP contribution in [0.1, 0.15) is 61.5 Å². The molecule has 2 fully saturated rings. The Morgan fingerprint density at radius 2 is 2.00 bits per heavy atom. The number of carbonyl (C=O) groups is 2. The van der Waals surface area contributed by atoms with Crippen molar-refractivity contribution in [2.45, 2.75) is 57.0 Å². The molecule has 1 amide bonds. The minimum Gasteiger partial charge on any atom is -0.481 e. The minimum atomic E-state index is -0.766. The highest BCUT2D eigenvalue weighted by atomic mass is 16.4. The fraction of sp³-hybridized carbons (Fsp3) is 0.667. The number of rotatable bonds is 4. The van der Waals surface area contributed by atoms with Crippen LogP contribution >= 0.6 is 0 Å². The maximum atomic E-state index is 12.2. The van der Waals surface area contributed by atoms with E-state index in [-0.39, 0.29) is 17.9 Å². The number of nitrogens with zero attached hydrogens (tertiary/aromatic N) is 2. The molecule has 2 unspecified atom stereocenters. The topological polar surface area (TPSA) is 84.2 Å². The van der Waals surface area contributed by atoms with E-state index in [0.29, 0.717) is 24.6 Å². The van der Waals surface area contributed by atoms with Crippen molar-refractivity contribution in [3.63, 3.8) is 0 Å². The fourth-order valence-corrected chi connectivity index (χ4v) is 3.43. The smallest absolute Gasteiger partial charge is 0.306 e. The number of carboxylic acid groups (broad SMARTS) is 1. The van der Waals surface area contributed by atoms with Gasteiger partial charge in [-0.1, -0.05) is 12.8 Å². The number of carboxylic acids is 1. The van der Waals surface area contributed by atoms with Gasteiger partial charge in [0.05, 0.1) is 12.0 Å². The molecule has 3 rings (SSSR count). The van der Waals surface area contributed by atoms with E-state index in [1.807, 2.05) is 10.9 Å². The number of aromatic nitrogens is 2. The molecule has 0 saturated heterocycles. The van der Waals surface area contributed by atoms with Crippen LogP contribution in [-0.4, -0.2) is 32.8 Å². The maximum absolute atomic E-state index is 12.2. The summed E-state index contributed by atoms with van der Waals surface area (Å²) in [6, 6.07) is 2.13. The Morgan fingerprint density at radius 1 is 1.24 bits per heavy atom. The molecule has 2 saturated carbocycles. The van der Waals surface area contributed by atoms with Crippen LogP contribution in [0.4, 0.5) is 0 Å². The third-order valence-corrected chi connectivity index (χ3v) is 4.66. The molecule has 0 spiro atoms. The summed E-state index contributed by atoms with van der Waals surface area (Å²) in [5.74, 6) is -1.29. The normalized spacial score (nSPS) is 26.1. The summed E-state index contributed by atoms with van der Waals surface area (Å²) in [4.78, 5) is 23.1. The van der Waals surface area contributed by atoms with E-state index < -0.39 is 5.97 Å². The molecule has 21 heavy (non-hydrogen) atoms. The Bertz CT molecular complexity index is 534. The monoisotopic (exact) mass is 291 g/mol. The molecule has 0 aliphatic heterocycles. The van der Waals surface area contributed by atoms with Crippen molar-refractivity contribution in [2.75, 3.05) is 0 Å². The molecule has 2 aliphatic carbocycles. The first-order chi connectivity index (χ1) is 10.1.